The third-order valence-electron chi connectivity index (χ3n) is 4.43. The van der Waals surface area contributed by atoms with Crippen molar-refractivity contribution in [3.63, 3.8) is 0 Å². The molecule has 0 aliphatic carbocycles. The number of piperazine rings is 1. The second-order valence-electron chi connectivity index (χ2n) is 6.31. The van der Waals surface area contributed by atoms with E-state index in [1.54, 1.807) is 4.68 Å². The highest BCUT2D eigenvalue weighted by Crippen LogP contribution is 2.13. The van der Waals surface area contributed by atoms with E-state index < -0.39 is 0 Å². The van der Waals surface area contributed by atoms with Crippen LogP contribution in [0.2, 0.25) is 5.02 Å². The van der Waals surface area contributed by atoms with Gasteiger partial charge < -0.3 is 4.90 Å². The van der Waals surface area contributed by atoms with Gasteiger partial charge in [-0.05, 0) is 29.7 Å². The number of rotatable bonds is 5. The van der Waals surface area contributed by atoms with E-state index in [9.17, 15) is 4.79 Å². The fraction of sp³-hybridized carbons (Fsp3) is 0.444. The number of nitrogens with zero attached hydrogens (tertiary/aromatic N) is 4. The Balaban J connectivity index is 1.42. The van der Waals surface area contributed by atoms with Crippen LogP contribution in [0, 0.1) is 0 Å². The maximum Gasteiger partial charge on any atom is 0.222 e. The molecule has 1 saturated heterocycles. The molecule has 1 aromatic carbocycles. The van der Waals surface area contributed by atoms with Gasteiger partial charge in [0.25, 0.3) is 0 Å². The quantitative estimate of drug-likeness (QED) is 0.834. The third-order valence-corrected chi connectivity index (χ3v) is 4.68. The van der Waals surface area contributed by atoms with Gasteiger partial charge in [0.05, 0.1) is 6.20 Å². The van der Waals surface area contributed by atoms with Crippen LogP contribution in [0.1, 0.15) is 17.5 Å². The summed E-state index contributed by atoms with van der Waals surface area (Å²) in [4.78, 5) is 16.7. The lowest BCUT2D eigenvalue weighted by Crippen LogP contribution is -2.48. The molecule has 1 fully saturated rings. The van der Waals surface area contributed by atoms with Gasteiger partial charge in [-0.25, -0.2) is 0 Å². The Kier molecular flexibility index (Phi) is 5.53. The van der Waals surface area contributed by atoms with Crippen molar-refractivity contribution in [3.05, 3.63) is 52.8 Å². The second-order valence-corrected chi connectivity index (χ2v) is 6.74. The van der Waals surface area contributed by atoms with Crippen LogP contribution in [0.5, 0.6) is 0 Å². The van der Waals surface area contributed by atoms with Gasteiger partial charge in [0, 0.05) is 57.4 Å². The average molecular weight is 347 g/mol. The zero-order valence-electron chi connectivity index (χ0n) is 14.0. The van der Waals surface area contributed by atoms with Crippen LogP contribution >= 0.6 is 11.6 Å². The summed E-state index contributed by atoms with van der Waals surface area (Å²) < 4.78 is 1.77. The molecule has 1 aromatic heterocycles. The van der Waals surface area contributed by atoms with Crippen molar-refractivity contribution < 1.29 is 4.79 Å². The Morgan fingerprint density at radius 2 is 1.83 bits per heavy atom. The van der Waals surface area contributed by atoms with E-state index in [1.165, 1.54) is 5.56 Å². The van der Waals surface area contributed by atoms with Crippen molar-refractivity contribution in [2.45, 2.75) is 19.4 Å². The smallest absolute Gasteiger partial charge is 0.222 e. The molecule has 1 aliphatic rings. The highest BCUT2D eigenvalue weighted by atomic mass is 35.5. The van der Waals surface area contributed by atoms with Gasteiger partial charge in [-0.2, -0.15) is 5.10 Å². The van der Waals surface area contributed by atoms with Crippen LogP contribution in [-0.2, 0) is 24.8 Å². The first-order valence-corrected chi connectivity index (χ1v) is 8.70. The van der Waals surface area contributed by atoms with Crippen molar-refractivity contribution in [1.29, 1.82) is 0 Å². The van der Waals surface area contributed by atoms with Crippen LogP contribution in [-0.4, -0.2) is 51.7 Å². The SMILES string of the molecule is Cn1cc(CCC(=O)N2CCN(Cc3ccc(Cl)cc3)CC2)cn1. The molecular weight excluding hydrogens is 324 g/mol. The molecule has 0 spiro atoms. The maximum atomic E-state index is 12.3. The molecule has 0 unspecified atom stereocenters. The predicted octanol–water partition coefficient (Wildman–Crippen LogP) is 2.35. The second kappa shape index (κ2) is 7.81. The molecule has 0 bridgehead atoms. The Morgan fingerprint density at radius 3 is 2.46 bits per heavy atom. The van der Waals surface area contributed by atoms with Gasteiger partial charge in [0.1, 0.15) is 0 Å². The summed E-state index contributed by atoms with van der Waals surface area (Å²) in [6.45, 7) is 4.36. The normalized spacial score (nSPS) is 15.7. The number of aromatic nitrogens is 2. The molecule has 128 valence electrons. The number of halogens is 1. The molecule has 2 aromatic rings. The molecule has 0 atom stereocenters. The fourth-order valence-corrected chi connectivity index (χ4v) is 3.14. The number of hydrogen-bond acceptors (Lipinski definition) is 3. The van der Waals surface area contributed by atoms with Gasteiger partial charge in [-0.3, -0.25) is 14.4 Å². The molecule has 1 amide bonds. The van der Waals surface area contributed by atoms with E-state index in [4.69, 9.17) is 11.6 Å². The number of aryl methyl sites for hydroxylation is 2. The molecule has 2 heterocycles. The first-order valence-electron chi connectivity index (χ1n) is 8.32. The highest BCUT2D eigenvalue weighted by molar-refractivity contribution is 6.30. The summed E-state index contributed by atoms with van der Waals surface area (Å²) in [7, 11) is 1.89. The number of carbonyl (C=O) groups excluding carboxylic acids is 1. The maximum absolute atomic E-state index is 12.3. The van der Waals surface area contributed by atoms with Crippen LogP contribution in [0.4, 0.5) is 0 Å². The van der Waals surface area contributed by atoms with E-state index in [0.29, 0.717) is 6.42 Å². The van der Waals surface area contributed by atoms with E-state index in [0.717, 1.165) is 49.7 Å². The summed E-state index contributed by atoms with van der Waals surface area (Å²) in [6.07, 6.45) is 5.12. The van der Waals surface area contributed by atoms with Crippen LogP contribution in [0.15, 0.2) is 36.7 Å². The number of benzene rings is 1. The summed E-state index contributed by atoms with van der Waals surface area (Å²) in [5.41, 5.74) is 2.38. The number of amides is 1. The minimum absolute atomic E-state index is 0.241. The fourth-order valence-electron chi connectivity index (χ4n) is 3.01. The number of hydrogen-bond donors (Lipinski definition) is 0. The van der Waals surface area contributed by atoms with Crippen molar-refractivity contribution in [3.8, 4) is 0 Å². The van der Waals surface area contributed by atoms with Crippen molar-refractivity contribution in [2.24, 2.45) is 7.05 Å². The topological polar surface area (TPSA) is 41.4 Å². The molecule has 1 aliphatic heterocycles. The molecule has 0 radical (unpaired) electrons. The summed E-state index contributed by atoms with van der Waals surface area (Å²) >= 11 is 5.92. The Hall–Kier alpha value is -1.85. The molecule has 6 heteroatoms. The average Bonchev–Trinajstić information content (AvgIpc) is 3.01. The zero-order valence-corrected chi connectivity index (χ0v) is 14.7. The lowest BCUT2D eigenvalue weighted by molar-refractivity contribution is -0.133. The zero-order chi connectivity index (χ0) is 16.9. The van der Waals surface area contributed by atoms with Gasteiger partial charge in [0.15, 0.2) is 0 Å². The molecule has 0 saturated carbocycles. The lowest BCUT2D eigenvalue weighted by atomic mass is 10.1. The summed E-state index contributed by atoms with van der Waals surface area (Å²) in [6, 6.07) is 7.98. The standard InChI is InChI=1S/C18H23ClN4O/c1-21-13-16(12-20-21)4-7-18(24)23-10-8-22(9-11-23)14-15-2-5-17(19)6-3-15/h2-3,5-6,12-13H,4,7-11,14H2,1H3. The lowest BCUT2D eigenvalue weighted by Gasteiger charge is -2.34. The van der Waals surface area contributed by atoms with E-state index in [2.05, 4.69) is 22.1 Å². The van der Waals surface area contributed by atoms with Crippen LogP contribution in [0.25, 0.3) is 0 Å². The van der Waals surface area contributed by atoms with Gasteiger partial charge in [0.2, 0.25) is 5.91 Å². The minimum atomic E-state index is 0.241. The molecule has 3 rings (SSSR count). The Labute approximate surface area is 147 Å². The van der Waals surface area contributed by atoms with E-state index >= 15 is 0 Å². The van der Waals surface area contributed by atoms with Gasteiger partial charge in [-0.1, -0.05) is 23.7 Å². The molecular formula is C18H23ClN4O. The first kappa shape index (κ1) is 17.0. The molecule has 5 nitrogen and oxygen atoms in total. The summed E-state index contributed by atoms with van der Waals surface area (Å²) in [5.74, 6) is 0.241. The summed E-state index contributed by atoms with van der Waals surface area (Å²) in [5, 5.41) is 4.91. The van der Waals surface area contributed by atoms with Crippen LogP contribution < -0.4 is 0 Å². The van der Waals surface area contributed by atoms with E-state index in [1.807, 2.05) is 36.5 Å². The minimum Gasteiger partial charge on any atom is -0.340 e. The van der Waals surface area contributed by atoms with Crippen LogP contribution in [0.3, 0.4) is 0 Å². The van der Waals surface area contributed by atoms with Crippen molar-refractivity contribution in [2.75, 3.05) is 26.2 Å². The monoisotopic (exact) mass is 346 g/mol. The van der Waals surface area contributed by atoms with Crippen molar-refractivity contribution in [1.82, 2.24) is 19.6 Å². The molecule has 0 N–H and O–H groups in total. The third kappa shape index (κ3) is 4.58. The Morgan fingerprint density at radius 1 is 1.12 bits per heavy atom. The largest absolute Gasteiger partial charge is 0.340 e. The molecule has 24 heavy (non-hydrogen) atoms. The highest BCUT2D eigenvalue weighted by Gasteiger charge is 2.20. The van der Waals surface area contributed by atoms with Crippen molar-refractivity contribution >= 4 is 17.5 Å². The van der Waals surface area contributed by atoms with Gasteiger partial charge >= 0.3 is 0 Å². The predicted molar refractivity (Wildman–Crippen MR) is 94.8 cm³/mol. The Bertz CT molecular complexity index is 675. The van der Waals surface area contributed by atoms with E-state index in [-0.39, 0.29) is 5.91 Å². The number of carbonyl (C=O) groups is 1. The first-order chi connectivity index (χ1) is 11.6. The van der Waals surface area contributed by atoms with Gasteiger partial charge in [-0.15, -0.1) is 0 Å².